The van der Waals surface area contributed by atoms with Gasteiger partial charge < -0.3 is 25.8 Å². The van der Waals surface area contributed by atoms with Gasteiger partial charge in [-0.25, -0.2) is 9.18 Å². The third-order valence-electron chi connectivity index (χ3n) is 4.74. The first-order valence-corrected chi connectivity index (χ1v) is 8.58. The number of nitrogens with two attached hydrogens (primary N) is 1. The predicted molar refractivity (Wildman–Crippen MR) is 98.6 cm³/mol. The molecule has 0 aliphatic carbocycles. The minimum absolute atomic E-state index is 0.154. The molecular formula is C20H22FNO6. The lowest BCUT2D eigenvalue weighted by Gasteiger charge is -2.31. The molecule has 0 fully saturated rings. The summed E-state index contributed by atoms with van der Waals surface area (Å²) in [6, 6.07) is 7.40. The highest BCUT2D eigenvalue weighted by atomic mass is 19.1. The molecule has 8 heteroatoms. The summed E-state index contributed by atoms with van der Waals surface area (Å²) >= 11 is 0. The number of phenolic OH excluding ortho intramolecular Hbond substituents is 2. The number of aliphatic carboxylic acids is 1. The number of rotatable bonds is 7. The van der Waals surface area contributed by atoms with Gasteiger partial charge in [-0.15, -0.1) is 0 Å². The van der Waals surface area contributed by atoms with Crippen LogP contribution in [0.25, 0.3) is 0 Å². The van der Waals surface area contributed by atoms with E-state index in [9.17, 15) is 29.3 Å². The third kappa shape index (κ3) is 4.77. The molecule has 2 aromatic rings. The molecule has 0 bridgehead atoms. The minimum atomic E-state index is -1.34. The summed E-state index contributed by atoms with van der Waals surface area (Å²) in [6.07, 6.45) is -0.746. The zero-order valence-corrected chi connectivity index (χ0v) is 15.4. The number of carbonyl (C=O) groups is 2. The third-order valence-corrected chi connectivity index (χ3v) is 4.74. The molecule has 0 saturated carbocycles. The summed E-state index contributed by atoms with van der Waals surface area (Å²) < 4.78 is 18.4. The van der Waals surface area contributed by atoms with E-state index < -0.39 is 47.5 Å². The molecule has 4 atom stereocenters. The monoisotopic (exact) mass is 391 g/mol. The summed E-state index contributed by atoms with van der Waals surface area (Å²) in [5.74, 6) is -4.58. The number of aromatic hydroxyl groups is 2. The Hall–Kier alpha value is -3.13. The van der Waals surface area contributed by atoms with Crippen LogP contribution in [0.1, 0.15) is 35.7 Å². The van der Waals surface area contributed by atoms with E-state index in [0.29, 0.717) is 5.56 Å². The Labute approximate surface area is 161 Å². The van der Waals surface area contributed by atoms with Crippen molar-refractivity contribution < 1.29 is 34.0 Å². The van der Waals surface area contributed by atoms with E-state index in [-0.39, 0.29) is 11.3 Å². The SMILES string of the molecule is C[C@H](OC(=O)c1ccc(F)cc1)[C@@H](C)C(c1ccc(O)c(O)c1)[C@H](N)C(=O)O. The van der Waals surface area contributed by atoms with Crippen molar-refractivity contribution in [3.05, 3.63) is 59.4 Å². The topological polar surface area (TPSA) is 130 Å². The second-order valence-electron chi connectivity index (χ2n) is 6.61. The zero-order valence-electron chi connectivity index (χ0n) is 15.4. The van der Waals surface area contributed by atoms with Crippen molar-refractivity contribution in [3.63, 3.8) is 0 Å². The fourth-order valence-corrected chi connectivity index (χ4v) is 2.96. The smallest absolute Gasteiger partial charge is 0.338 e. The molecule has 0 heterocycles. The number of ether oxygens (including phenoxy) is 1. The van der Waals surface area contributed by atoms with Gasteiger partial charge in [0.15, 0.2) is 11.5 Å². The summed E-state index contributed by atoms with van der Waals surface area (Å²) in [6.45, 7) is 3.26. The lowest BCUT2D eigenvalue weighted by Crippen LogP contribution is -2.42. The standard InChI is InChI=1S/C20H22FNO6/c1-10(11(2)28-20(27)12-3-6-14(21)7-4-12)17(18(22)19(25)26)13-5-8-15(23)16(24)9-13/h3-11,17-18,23-24H,22H2,1-2H3,(H,25,26)/t10-,11+,17?,18+/m1/s1. The van der Waals surface area contributed by atoms with Crippen molar-refractivity contribution in [2.75, 3.05) is 0 Å². The molecule has 0 radical (unpaired) electrons. The van der Waals surface area contributed by atoms with E-state index >= 15 is 0 Å². The van der Waals surface area contributed by atoms with Crippen LogP contribution in [0.2, 0.25) is 0 Å². The van der Waals surface area contributed by atoms with Gasteiger partial charge in [0.25, 0.3) is 0 Å². The van der Waals surface area contributed by atoms with Crippen LogP contribution >= 0.6 is 0 Å². The van der Waals surface area contributed by atoms with Gasteiger partial charge in [-0.1, -0.05) is 13.0 Å². The molecule has 28 heavy (non-hydrogen) atoms. The van der Waals surface area contributed by atoms with Crippen LogP contribution in [0, 0.1) is 11.7 Å². The number of hydrogen-bond acceptors (Lipinski definition) is 6. The minimum Gasteiger partial charge on any atom is -0.504 e. The molecule has 0 saturated heterocycles. The van der Waals surface area contributed by atoms with Crippen LogP contribution in [-0.4, -0.2) is 39.4 Å². The number of carboxylic acid groups (broad SMARTS) is 1. The van der Waals surface area contributed by atoms with E-state index in [1.807, 2.05) is 0 Å². The Morgan fingerprint density at radius 3 is 2.18 bits per heavy atom. The Balaban J connectivity index is 2.26. The van der Waals surface area contributed by atoms with Crippen molar-refractivity contribution in [3.8, 4) is 11.5 Å². The average Bonchev–Trinajstić information content (AvgIpc) is 2.64. The lowest BCUT2D eigenvalue weighted by molar-refractivity contribution is -0.139. The Kier molecular flexibility index (Phi) is 6.58. The second-order valence-corrected chi connectivity index (χ2v) is 6.61. The van der Waals surface area contributed by atoms with Crippen LogP contribution in [0.15, 0.2) is 42.5 Å². The van der Waals surface area contributed by atoms with Crippen molar-refractivity contribution in [1.82, 2.24) is 0 Å². The second kappa shape index (κ2) is 8.71. The van der Waals surface area contributed by atoms with Gasteiger partial charge in [-0.05, 0) is 48.9 Å². The summed E-state index contributed by atoms with van der Waals surface area (Å²) in [7, 11) is 0. The Morgan fingerprint density at radius 1 is 1.04 bits per heavy atom. The van der Waals surface area contributed by atoms with Crippen LogP contribution in [-0.2, 0) is 9.53 Å². The number of carboxylic acids is 1. The molecular weight excluding hydrogens is 369 g/mol. The zero-order chi connectivity index (χ0) is 21.0. The molecule has 0 aromatic heterocycles. The fraction of sp³-hybridized carbons (Fsp3) is 0.300. The van der Waals surface area contributed by atoms with E-state index in [2.05, 4.69) is 0 Å². The predicted octanol–water partition coefficient (Wildman–Crippen LogP) is 2.61. The van der Waals surface area contributed by atoms with E-state index in [1.165, 1.54) is 30.3 Å². The van der Waals surface area contributed by atoms with Gasteiger partial charge in [0.1, 0.15) is 18.0 Å². The van der Waals surface area contributed by atoms with E-state index in [1.54, 1.807) is 13.8 Å². The lowest BCUT2D eigenvalue weighted by atomic mass is 9.79. The molecule has 0 aliphatic heterocycles. The summed E-state index contributed by atoms with van der Waals surface area (Å²) in [5.41, 5.74) is 6.38. The molecule has 0 aliphatic rings. The average molecular weight is 391 g/mol. The van der Waals surface area contributed by atoms with Crippen molar-refractivity contribution >= 4 is 11.9 Å². The maximum absolute atomic E-state index is 13.0. The quantitative estimate of drug-likeness (QED) is 0.422. The van der Waals surface area contributed by atoms with Gasteiger partial charge in [-0.2, -0.15) is 0 Å². The van der Waals surface area contributed by atoms with Gasteiger partial charge in [0, 0.05) is 11.8 Å². The first kappa shape index (κ1) is 21.2. The van der Waals surface area contributed by atoms with E-state index in [4.69, 9.17) is 10.5 Å². The Morgan fingerprint density at radius 2 is 1.64 bits per heavy atom. The molecule has 2 rings (SSSR count). The van der Waals surface area contributed by atoms with E-state index in [0.717, 1.165) is 12.1 Å². The van der Waals surface area contributed by atoms with Crippen LogP contribution < -0.4 is 5.73 Å². The Bertz CT molecular complexity index is 854. The number of carbonyl (C=O) groups excluding carboxylic acids is 1. The number of hydrogen-bond donors (Lipinski definition) is 4. The highest BCUT2D eigenvalue weighted by Crippen LogP contribution is 2.35. The van der Waals surface area contributed by atoms with Crippen molar-refractivity contribution in [2.24, 2.45) is 11.7 Å². The normalized spacial score (nSPS) is 15.3. The van der Waals surface area contributed by atoms with Crippen LogP contribution in [0.4, 0.5) is 4.39 Å². The van der Waals surface area contributed by atoms with Gasteiger partial charge in [0.2, 0.25) is 0 Å². The van der Waals surface area contributed by atoms with Crippen LogP contribution in [0.3, 0.4) is 0 Å². The van der Waals surface area contributed by atoms with Crippen LogP contribution in [0.5, 0.6) is 11.5 Å². The number of halogens is 1. The molecule has 5 N–H and O–H groups in total. The highest BCUT2D eigenvalue weighted by molar-refractivity contribution is 5.89. The number of esters is 1. The number of benzene rings is 2. The molecule has 0 spiro atoms. The maximum Gasteiger partial charge on any atom is 0.338 e. The van der Waals surface area contributed by atoms with Crippen molar-refractivity contribution in [1.29, 1.82) is 0 Å². The number of phenols is 2. The van der Waals surface area contributed by atoms with Gasteiger partial charge in [0.05, 0.1) is 5.56 Å². The van der Waals surface area contributed by atoms with Gasteiger partial charge >= 0.3 is 11.9 Å². The molecule has 150 valence electrons. The molecule has 2 aromatic carbocycles. The van der Waals surface area contributed by atoms with Crippen molar-refractivity contribution in [2.45, 2.75) is 31.9 Å². The van der Waals surface area contributed by atoms with Gasteiger partial charge in [-0.3, -0.25) is 4.79 Å². The summed E-state index contributed by atoms with van der Waals surface area (Å²) in [4.78, 5) is 23.8. The first-order chi connectivity index (χ1) is 13.1. The fourth-order valence-electron chi connectivity index (χ4n) is 2.96. The first-order valence-electron chi connectivity index (χ1n) is 8.58. The highest BCUT2D eigenvalue weighted by Gasteiger charge is 2.35. The largest absolute Gasteiger partial charge is 0.504 e. The maximum atomic E-state index is 13.0. The molecule has 0 amide bonds. The molecule has 7 nitrogen and oxygen atoms in total. The summed E-state index contributed by atoms with van der Waals surface area (Å²) in [5, 5.41) is 28.6. The molecule has 1 unspecified atom stereocenters.